The SMILES string of the molecule is CC1CN(c2ccccc2C(F)(F)F)CC(CO)O1. The monoisotopic (exact) mass is 275 g/mol. The highest BCUT2D eigenvalue weighted by molar-refractivity contribution is 5.55. The molecule has 1 aromatic rings. The van der Waals surface area contributed by atoms with Crippen LogP contribution < -0.4 is 4.90 Å². The van der Waals surface area contributed by atoms with Gasteiger partial charge in [-0.2, -0.15) is 13.2 Å². The van der Waals surface area contributed by atoms with Crippen molar-refractivity contribution in [2.24, 2.45) is 0 Å². The van der Waals surface area contributed by atoms with Gasteiger partial charge < -0.3 is 14.7 Å². The van der Waals surface area contributed by atoms with E-state index < -0.39 is 17.8 Å². The molecule has 6 heteroatoms. The van der Waals surface area contributed by atoms with E-state index in [1.807, 2.05) is 0 Å². The smallest absolute Gasteiger partial charge is 0.394 e. The number of hydrogen-bond acceptors (Lipinski definition) is 3. The number of anilines is 1. The lowest BCUT2D eigenvalue weighted by molar-refractivity contribution is -0.137. The van der Waals surface area contributed by atoms with Gasteiger partial charge in [0, 0.05) is 18.8 Å². The maximum absolute atomic E-state index is 13.0. The molecule has 1 heterocycles. The third-order valence-corrected chi connectivity index (χ3v) is 3.08. The van der Waals surface area contributed by atoms with E-state index in [4.69, 9.17) is 9.84 Å². The molecular weight excluding hydrogens is 259 g/mol. The van der Waals surface area contributed by atoms with Gasteiger partial charge in [-0.15, -0.1) is 0 Å². The van der Waals surface area contributed by atoms with Crippen molar-refractivity contribution in [1.82, 2.24) is 0 Å². The van der Waals surface area contributed by atoms with Crippen LogP contribution >= 0.6 is 0 Å². The number of aliphatic hydroxyl groups excluding tert-OH is 1. The molecule has 19 heavy (non-hydrogen) atoms. The first-order valence-corrected chi connectivity index (χ1v) is 6.09. The number of hydrogen-bond donors (Lipinski definition) is 1. The van der Waals surface area contributed by atoms with Crippen LogP contribution in [-0.2, 0) is 10.9 Å². The predicted molar refractivity (Wildman–Crippen MR) is 65.1 cm³/mol. The van der Waals surface area contributed by atoms with Gasteiger partial charge in [-0.25, -0.2) is 0 Å². The fourth-order valence-electron chi connectivity index (χ4n) is 2.33. The molecule has 0 bridgehead atoms. The highest BCUT2D eigenvalue weighted by Gasteiger charge is 2.36. The van der Waals surface area contributed by atoms with Crippen LogP contribution in [0.15, 0.2) is 24.3 Å². The predicted octanol–water partition coefficient (Wildman–Crippen LogP) is 2.29. The summed E-state index contributed by atoms with van der Waals surface area (Å²) in [5, 5.41) is 9.13. The second-order valence-corrected chi connectivity index (χ2v) is 4.67. The first-order valence-electron chi connectivity index (χ1n) is 6.09. The second-order valence-electron chi connectivity index (χ2n) is 4.67. The van der Waals surface area contributed by atoms with Gasteiger partial charge in [-0.1, -0.05) is 12.1 Å². The van der Waals surface area contributed by atoms with Crippen molar-refractivity contribution in [2.75, 3.05) is 24.6 Å². The maximum atomic E-state index is 13.0. The zero-order chi connectivity index (χ0) is 14.0. The molecule has 3 nitrogen and oxygen atoms in total. The summed E-state index contributed by atoms with van der Waals surface area (Å²) in [5.41, 5.74) is -0.510. The van der Waals surface area contributed by atoms with Gasteiger partial charge in [-0.05, 0) is 19.1 Å². The van der Waals surface area contributed by atoms with Crippen LogP contribution in [-0.4, -0.2) is 37.0 Å². The number of morpholine rings is 1. The molecule has 2 rings (SSSR count). The Kier molecular flexibility index (Phi) is 4.01. The lowest BCUT2D eigenvalue weighted by Gasteiger charge is -2.38. The molecule has 0 radical (unpaired) electrons. The number of rotatable bonds is 2. The Morgan fingerprint density at radius 3 is 2.63 bits per heavy atom. The number of nitrogens with zero attached hydrogens (tertiary/aromatic N) is 1. The molecule has 1 aromatic carbocycles. The molecule has 1 aliphatic heterocycles. The van der Waals surface area contributed by atoms with Gasteiger partial charge in [0.15, 0.2) is 0 Å². The Morgan fingerprint density at radius 2 is 2.00 bits per heavy atom. The van der Waals surface area contributed by atoms with Crippen LogP contribution in [0.25, 0.3) is 0 Å². The van der Waals surface area contributed by atoms with Gasteiger partial charge in [0.25, 0.3) is 0 Å². The zero-order valence-electron chi connectivity index (χ0n) is 10.5. The molecular formula is C13H16F3NO2. The fourth-order valence-corrected chi connectivity index (χ4v) is 2.33. The molecule has 2 unspecified atom stereocenters. The molecule has 0 aromatic heterocycles. The first-order chi connectivity index (χ1) is 8.91. The summed E-state index contributed by atoms with van der Waals surface area (Å²) in [6.45, 7) is 2.22. The number of para-hydroxylation sites is 1. The van der Waals surface area contributed by atoms with E-state index in [1.165, 1.54) is 12.1 Å². The minimum Gasteiger partial charge on any atom is -0.394 e. The molecule has 0 spiro atoms. The van der Waals surface area contributed by atoms with Crippen LogP contribution in [0, 0.1) is 0 Å². The minimum absolute atomic E-state index is 0.142. The van der Waals surface area contributed by atoms with E-state index in [1.54, 1.807) is 17.9 Å². The summed E-state index contributed by atoms with van der Waals surface area (Å²) in [7, 11) is 0. The van der Waals surface area contributed by atoms with Crippen molar-refractivity contribution in [3.05, 3.63) is 29.8 Å². The third-order valence-electron chi connectivity index (χ3n) is 3.08. The molecule has 0 aliphatic carbocycles. The van der Waals surface area contributed by atoms with Gasteiger partial charge in [0.05, 0.1) is 24.4 Å². The Bertz CT molecular complexity index is 436. The quantitative estimate of drug-likeness (QED) is 0.899. The van der Waals surface area contributed by atoms with Crippen molar-refractivity contribution in [3.8, 4) is 0 Å². The first kappa shape index (κ1) is 14.1. The molecule has 1 saturated heterocycles. The van der Waals surface area contributed by atoms with Crippen LogP contribution in [0.3, 0.4) is 0 Å². The highest BCUT2D eigenvalue weighted by Crippen LogP contribution is 2.37. The highest BCUT2D eigenvalue weighted by atomic mass is 19.4. The molecule has 2 atom stereocenters. The van der Waals surface area contributed by atoms with E-state index >= 15 is 0 Å². The number of ether oxygens (including phenoxy) is 1. The summed E-state index contributed by atoms with van der Waals surface area (Å²) < 4.78 is 44.4. The number of aliphatic hydroxyl groups is 1. The topological polar surface area (TPSA) is 32.7 Å². The maximum Gasteiger partial charge on any atom is 0.418 e. The number of halogens is 3. The van der Waals surface area contributed by atoms with E-state index in [-0.39, 0.29) is 24.9 Å². The summed E-state index contributed by atoms with van der Waals surface area (Å²) >= 11 is 0. The van der Waals surface area contributed by atoms with Crippen LogP contribution in [0.4, 0.5) is 18.9 Å². The van der Waals surface area contributed by atoms with Gasteiger partial charge in [0.2, 0.25) is 0 Å². The normalized spacial score (nSPS) is 24.6. The molecule has 1 N–H and O–H groups in total. The molecule has 1 aliphatic rings. The van der Waals surface area contributed by atoms with Crippen molar-refractivity contribution < 1.29 is 23.0 Å². The van der Waals surface area contributed by atoms with Crippen molar-refractivity contribution in [1.29, 1.82) is 0 Å². The number of alkyl halides is 3. The third kappa shape index (κ3) is 3.19. The Labute approximate surface area is 109 Å². The summed E-state index contributed by atoms with van der Waals surface area (Å²) in [4.78, 5) is 1.62. The van der Waals surface area contributed by atoms with Crippen LogP contribution in [0.1, 0.15) is 12.5 Å². The lowest BCUT2D eigenvalue weighted by atomic mass is 10.1. The molecule has 0 saturated carbocycles. The lowest BCUT2D eigenvalue weighted by Crippen LogP contribution is -2.48. The van der Waals surface area contributed by atoms with Crippen LogP contribution in [0.5, 0.6) is 0 Å². The number of benzene rings is 1. The minimum atomic E-state index is -4.38. The molecule has 1 fully saturated rings. The molecule has 0 amide bonds. The zero-order valence-corrected chi connectivity index (χ0v) is 10.5. The van der Waals surface area contributed by atoms with Gasteiger partial charge in [-0.3, -0.25) is 0 Å². The van der Waals surface area contributed by atoms with Crippen molar-refractivity contribution >= 4 is 5.69 Å². The molecule has 106 valence electrons. The van der Waals surface area contributed by atoms with Crippen LogP contribution in [0.2, 0.25) is 0 Å². The average Bonchev–Trinajstić information content (AvgIpc) is 2.37. The van der Waals surface area contributed by atoms with Gasteiger partial charge in [0.1, 0.15) is 0 Å². The average molecular weight is 275 g/mol. The Morgan fingerprint density at radius 1 is 1.32 bits per heavy atom. The van der Waals surface area contributed by atoms with Crippen molar-refractivity contribution in [2.45, 2.75) is 25.3 Å². The Hall–Kier alpha value is -1.27. The second kappa shape index (κ2) is 5.38. The largest absolute Gasteiger partial charge is 0.418 e. The van der Waals surface area contributed by atoms with Crippen molar-refractivity contribution in [3.63, 3.8) is 0 Å². The Balaban J connectivity index is 2.31. The van der Waals surface area contributed by atoms with E-state index in [2.05, 4.69) is 0 Å². The van der Waals surface area contributed by atoms with E-state index in [0.717, 1.165) is 6.07 Å². The standard InChI is InChI=1S/C13H16F3NO2/c1-9-6-17(7-10(8-18)19-9)12-5-3-2-4-11(12)13(14,15)16/h2-5,9-10,18H,6-8H2,1H3. The summed E-state index contributed by atoms with van der Waals surface area (Å²) in [6, 6.07) is 5.48. The van der Waals surface area contributed by atoms with Gasteiger partial charge >= 0.3 is 6.18 Å². The fraction of sp³-hybridized carbons (Fsp3) is 0.538. The van der Waals surface area contributed by atoms with E-state index in [9.17, 15) is 13.2 Å². The summed E-state index contributed by atoms with van der Waals surface area (Å²) in [5.74, 6) is 0. The van der Waals surface area contributed by atoms with E-state index in [0.29, 0.717) is 6.54 Å². The summed E-state index contributed by atoms with van der Waals surface area (Å²) in [6.07, 6.45) is -5.05.